The minimum absolute atomic E-state index is 0.00101. The lowest BCUT2D eigenvalue weighted by Gasteiger charge is -2.31. The van der Waals surface area contributed by atoms with Crippen LogP contribution in [0.15, 0.2) is 48.5 Å². The third-order valence-electron chi connectivity index (χ3n) is 6.99. The average molecular weight is 465 g/mol. The van der Waals surface area contributed by atoms with Crippen LogP contribution in [0.1, 0.15) is 56.1 Å². The number of piperidine rings is 1. The van der Waals surface area contributed by atoms with Crippen molar-refractivity contribution in [2.75, 3.05) is 19.7 Å². The number of carboxylic acid groups (broad SMARTS) is 1. The number of alkyl carbamates (subject to hydrolysis) is 1. The Morgan fingerprint density at radius 1 is 1.09 bits per heavy atom. The number of benzene rings is 2. The maximum absolute atomic E-state index is 12.6. The molecule has 1 unspecified atom stereocenters. The predicted molar refractivity (Wildman–Crippen MR) is 128 cm³/mol. The Morgan fingerprint density at radius 3 is 2.35 bits per heavy atom. The van der Waals surface area contributed by atoms with Gasteiger partial charge in [0.05, 0.1) is 5.92 Å². The van der Waals surface area contributed by atoms with Gasteiger partial charge in [-0.05, 0) is 47.9 Å². The van der Waals surface area contributed by atoms with Crippen LogP contribution < -0.4 is 5.32 Å². The van der Waals surface area contributed by atoms with Gasteiger partial charge in [-0.2, -0.15) is 0 Å². The highest BCUT2D eigenvalue weighted by atomic mass is 16.5. The number of likely N-dealkylation sites (tertiary alicyclic amines) is 1. The van der Waals surface area contributed by atoms with Crippen molar-refractivity contribution in [3.8, 4) is 11.1 Å². The quantitative estimate of drug-likeness (QED) is 0.603. The van der Waals surface area contributed by atoms with Crippen molar-refractivity contribution >= 4 is 18.0 Å². The van der Waals surface area contributed by atoms with Crippen LogP contribution in [0.3, 0.4) is 0 Å². The van der Waals surface area contributed by atoms with Crippen molar-refractivity contribution in [2.45, 2.75) is 51.0 Å². The van der Waals surface area contributed by atoms with Crippen LogP contribution in [-0.2, 0) is 14.3 Å². The minimum Gasteiger partial charge on any atom is -0.481 e. The van der Waals surface area contributed by atoms with Crippen LogP contribution in [0.25, 0.3) is 11.1 Å². The molecule has 1 heterocycles. The Morgan fingerprint density at radius 2 is 1.74 bits per heavy atom. The molecule has 7 nitrogen and oxygen atoms in total. The number of carbonyl (C=O) groups is 3. The Hall–Kier alpha value is -3.35. The molecule has 34 heavy (non-hydrogen) atoms. The number of carbonyl (C=O) groups excluding carboxylic acids is 2. The molecule has 2 atom stereocenters. The fourth-order valence-electron chi connectivity index (χ4n) is 5.05. The summed E-state index contributed by atoms with van der Waals surface area (Å²) in [6.45, 7) is 3.07. The molecule has 2 aromatic carbocycles. The third kappa shape index (κ3) is 5.24. The lowest BCUT2D eigenvalue weighted by molar-refractivity contribution is -0.145. The van der Waals surface area contributed by atoms with E-state index in [1.54, 1.807) is 4.90 Å². The molecule has 1 aliphatic carbocycles. The largest absolute Gasteiger partial charge is 0.481 e. The molecule has 2 aliphatic rings. The van der Waals surface area contributed by atoms with Gasteiger partial charge in [-0.15, -0.1) is 0 Å². The summed E-state index contributed by atoms with van der Waals surface area (Å²) < 4.78 is 5.62. The molecule has 0 saturated carbocycles. The summed E-state index contributed by atoms with van der Waals surface area (Å²) in [5, 5.41) is 12.1. The zero-order chi connectivity index (χ0) is 24.1. The first-order valence-corrected chi connectivity index (χ1v) is 12.1. The highest BCUT2D eigenvalue weighted by molar-refractivity contribution is 5.79. The second kappa shape index (κ2) is 10.7. The normalized spacial score (nSPS) is 18.0. The van der Waals surface area contributed by atoms with Crippen molar-refractivity contribution in [1.82, 2.24) is 10.2 Å². The van der Waals surface area contributed by atoms with Gasteiger partial charge >= 0.3 is 12.1 Å². The maximum Gasteiger partial charge on any atom is 0.407 e. The molecule has 1 aliphatic heterocycles. The Bertz CT molecular complexity index is 1010. The van der Waals surface area contributed by atoms with Crippen LogP contribution in [0.2, 0.25) is 0 Å². The summed E-state index contributed by atoms with van der Waals surface area (Å²) in [5.74, 6) is -1.39. The van der Waals surface area contributed by atoms with Gasteiger partial charge in [0.2, 0.25) is 5.91 Å². The number of hydrogen-bond donors (Lipinski definition) is 2. The predicted octanol–water partition coefficient (Wildman–Crippen LogP) is 4.41. The van der Waals surface area contributed by atoms with Crippen molar-refractivity contribution in [2.24, 2.45) is 5.92 Å². The van der Waals surface area contributed by atoms with Crippen LogP contribution in [0.5, 0.6) is 0 Å². The molecule has 2 N–H and O–H groups in total. The van der Waals surface area contributed by atoms with Crippen LogP contribution in [0.4, 0.5) is 4.79 Å². The van der Waals surface area contributed by atoms with E-state index in [-0.39, 0.29) is 37.4 Å². The van der Waals surface area contributed by atoms with E-state index in [9.17, 15) is 19.5 Å². The first kappa shape index (κ1) is 23.8. The van der Waals surface area contributed by atoms with Gasteiger partial charge in [0.25, 0.3) is 0 Å². The van der Waals surface area contributed by atoms with Crippen molar-refractivity contribution in [3.63, 3.8) is 0 Å². The summed E-state index contributed by atoms with van der Waals surface area (Å²) in [7, 11) is 0. The van der Waals surface area contributed by atoms with E-state index >= 15 is 0 Å². The summed E-state index contributed by atoms with van der Waals surface area (Å²) in [5.41, 5.74) is 4.69. The monoisotopic (exact) mass is 464 g/mol. The second-order valence-electron chi connectivity index (χ2n) is 9.13. The molecule has 2 amide bonds. The molecule has 4 rings (SSSR count). The topological polar surface area (TPSA) is 95.9 Å². The van der Waals surface area contributed by atoms with E-state index in [1.807, 2.05) is 31.2 Å². The van der Waals surface area contributed by atoms with Crippen LogP contribution in [-0.4, -0.2) is 53.7 Å². The Labute approximate surface area is 200 Å². The van der Waals surface area contributed by atoms with Gasteiger partial charge in [0.1, 0.15) is 6.61 Å². The standard InChI is InChI=1S/C27H32N2O5/c1-2-19(13-14-25(30)29-15-7-8-18(16-29)26(31)32)28-27(33)34-17-24-22-11-5-3-9-20(22)21-10-4-6-12-23(21)24/h3-6,9-12,18-19,24H,2,7-8,13-17H2,1H3,(H,28,33)(H,31,32)/t18-,19?/m0/s1. The van der Waals surface area contributed by atoms with E-state index in [0.29, 0.717) is 32.2 Å². The van der Waals surface area contributed by atoms with Crippen molar-refractivity contribution in [1.29, 1.82) is 0 Å². The Balaban J connectivity index is 1.28. The highest BCUT2D eigenvalue weighted by Crippen LogP contribution is 2.44. The van der Waals surface area contributed by atoms with E-state index in [4.69, 9.17) is 4.74 Å². The molecule has 0 bridgehead atoms. The molecule has 0 spiro atoms. The lowest BCUT2D eigenvalue weighted by atomic mass is 9.97. The van der Waals surface area contributed by atoms with Gasteiger partial charge in [-0.25, -0.2) is 4.79 Å². The summed E-state index contributed by atoms with van der Waals surface area (Å²) in [6, 6.07) is 16.2. The smallest absolute Gasteiger partial charge is 0.407 e. The molecule has 180 valence electrons. The number of ether oxygens (including phenoxy) is 1. The molecule has 1 saturated heterocycles. The fraction of sp³-hybridized carbons (Fsp3) is 0.444. The van der Waals surface area contributed by atoms with Crippen molar-refractivity contribution < 1.29 is 24.2 Å². The number of amides is 2. The van der Waals surface area contributed by atoms with E-state index < -0.39 is 18.0 Å². The fourth-order valence-corrected chi connectivity index (χ4v) is 5.05. The molecular weight excluding hydrogens is 432 g/mol. The summed E-state index contributed by atoms with van der Waals surface area (Å²) >= 11 is 0. The zero-order valence-electron chi connectivity index (χ0n) is 19.5. The number of rotatable bonds is 8. The third-order valence-corrected chi connectivity index (χ3v) is 6.99. The number of hydrogen-bond acceptors (Lipinski definition) is 4. The van der Waals surface area contributed by atoms with Crippen LogP contribution >= 0.6 is 0 Å². The zero-order valence-corrected chi connectivity index (χ0v) is 19.5. The molecule has 1 fully saturated rings. The molecule has 0 radical (unpaired) electrons. The van der Waals surface area contributed by atoms with E-state index in [2.05, 4.69) is 29.6 Å². The number of nitrogens with zero attached hydrogens (tertiary/aromatic N) is 1. The molecule has 2 aromatic rings. The number of nitrogens with one attached hydrogen (secondary N) is 1. The minimum atomic E-state index is -0.846. The average Bonchev–Trinajstić information content (AvgIpc) is 3.18. The lowest BCUT2D eigenvalue weighted by Crippen LogP contribution is -2.43. The van der Waals surface area contributed by atoms with Gasteiger partial charge in [0, 0.05) is 31.5 Å². The first-order valence-electron chi connectivity index (χ1n) is 12.1. The van der Waals surface area contributed by atoms with Gasteiger partial charge < -0.3 is 20.1 Å². The number of carboxylic acids is 1. The summed E-state index contributed by atoms with van der Waals surface area (Å²) in [6.07, 6.45) is 2.28. The number of fused-ring (bicyclic) bond motifs is 3. The Kier molecular flexibility index (Phi) is 7.50. The maximum atomic E-state index is 12.6. The highest BCUT2D eigenvalue weighted by Gasteiger charge is 2.30. The van der Waals surface area contributed by atoms with E-state index in [0.717, 1.165) is 11.1 Å². The van der Waals surface area contributed by atoms with Crippen molar-refractivity contribution in [3.05, 3.63) is 59.7 Å². The SMILES string of the molecule is CCC(CCC(=O)N1CCC[C@H](C(=O)O)C1)NC(=O)OCC1c2ccccc2-c2ccccc21. The molecular formula is C27H32N2O5. The second-order valence-corrected chi connectivity index (χ2v) is 9.13. The first-order chi connectivity index (χ1) is 16.5. The van der Waals surface area contributed by atoms with Gasteiger partial charge in [0.15, 0.2) is 0 Å². The molecule has 0 aromatic heterocycles. The van der Waals surface area contributed by atoms with E-state index in [1.165, 1.54) is 11.1 Å². The molecule has 7 heteroatoms. The van der Waals surface area contributed by atoms with Gasteiger partial charge in [-0.3, -0.25) is 9.59 Å². The van der Waals surface area contributed by atoms with Crippen LogP contribution in [0, 0.1) is 5.92 Å². The summed E-state index contributed by atoms with van der Waals surface area (Å²) in [4.78, 5) is 38.0. The number of aliphatic carboxylic acids is 1. The van der Waals surface area contributed by atoms with Gasteiger partial charge in [-0.1, -0.05) is 55.5 Å².